The number of hydrogen-bond donors (Lipinski definition) is 1. The molecule has 1 aromatic heterocycles. The Kier molecular flexibility index (Phi) is 5.96. The van der Waals surface area contributed by atoms with E-state index in [4.69, 9.17) is 5.73 Å². The first kappa shape index (κ1) is 18.4. The van der Waals surface area contributed by atoms with Gasteiger partial charge in [0.2, 0.25) is 0 Å². The average Bonchev–Trinajstić information content (AvgIpc) is 3.08. The highest BCUT2D eigenvalue weighted by atomic mass is 35.5. The first-order chi connectivity index (χ1) is 11.1. The third kappa shape index (κ3) is 3.60. The number of aromatic nitrogens is 3. The van der Waals surface area contributed by atoms with Gasteiger partial charge < -0.3 is 10.6 Å². The number of amides is 1. The first-order valence-corrected chi connectivity index (χ1v) is 8.07. The van der Waals surface area contributed by atoms with Crippen molar-refractivity contribution in [1.29, 1.82) is 0 Å². The van der Waals surface area contributed by atoms with Crippen LogP contribution < -0.4 is 5.73 Å². The van der Waals surface area contributed by atoms with Gasteiger partial charge in [-0.2, -0.15) is 5.10 Å². The highest BCUT2D eigenvalue weighted by Crippen LogP contribution is 2.24. The van der Waals surface area contributed by atoms with E-state index in [2.05, 4.69) is 17.0 Å². The molecule has 1 saturated heterocycles. The van der Waals surface area contributed by atoms with E-state index in [0.717, 1.165) is 30.6 Å². The van der Waals surface area contributed by atoms with Gasteiger partial charge in [0.05, 0.1) is 5.69 Å². The molecule has 130 valence electrons. The number of benzene rings is 1. The number of aryl methyl sites for hydroxylation is 1. The van der Waals surface area contributed by atoms with Crippen molar-refractivity contribution in [2.24, 2.45) is 11.7 Å². The Bertz CT molecular complexity index is 688. The van der Waals surface area contributed by atoms with Crippen LogP contribution in [0.15, 0.2) is 30.9 Å². The lowest BCUT2D eigenvalue weighted by Crippen LogP contribution is -2.49. The second-order valence-electron chi connectivity index (χ2n) is 6.36. The molecule has 2 heterocycles. The third-order valence-electron chi connectivity index (χ3n) is 4.62. The van der Waals surface area contributed by atoms with E-state index in [-0.39, 0.29) is 24.4 Å². The molecule has 2 N–H and O–H groups in total. The van der Waals surface area contributed by atoms with Crippen LogP contribution in [0.3, 0.4) is 0 Å². The summed E-state index contributed by atoms with van der Waals surface area (Å²) in [5, 5.41) is 4.14. The summed E-state index contributed by atoms with van der Waals surface area (Å²) < 4.78 is 1.70. The molecule has 0 aliphatic carbocycles. The van der Waals surface area contributed by atoms with Gasteiger partial charge in [-0.25, -0.2) is 9.67 Å². The number of carbonyl (C=O) groups is 1. The molecule has 2 aromatic rings. The molecule has 0 bridgehead atoms. The molecule has 1 aromatic carbocycles. The number of nitrogens with two attached hydrogens (primary N) is 1. The maximum Gasteiger partial charge on any atom is 0.254 e. The van der Waals surface area contributed by atoms with Gasteiger partial charge in [-0.1, -0.05) is 6.92 Å². The van der Waals surface area contributed by atoms with Gasteiger partial charge in [0.15, 0.2) is 0 Å². The molecule has 0 saturated carbocycles. The number of likely N-dealkylation sites (tertiary alicyclic amines) is 1. The summed E-state index contributed by atoms with van der Waals surface area (Å²) in [6.45, 7) is 5.51. The largest absolute Gasteiger partial charge is 0.334 e. The van der Waals surface area contributed by atoms with Crippen molar-refractivity contribution in [3.8, 4) is 5.69 Å². The van der Waals surface area contributed by atoms with Gasteiger partial charge in [-0.05, 0) is 49.4 Å². The summed E-state index contributed by atoms with van der Waals surface area (Å²) in [4.78, 5) is 18.8. The average molecular weight is 350 g/mol. The number of halogens is 1. The Hall–Kier alpha value is -1.92. The fraction of sp³-hybridized carbons (Fsp3) is 0.471. The third-order valence-corrected chi connectivity index (χ3v) is 4.62. The number of piperidine rings is 1. The zero-order valence-corrected chi connectivity index (χ0v) is 14.9. The minimum absolute atomic E-state index is 0. The minimum atomic E-state index is 0. The molecular weight excluding hydrogens is 326 g/mol. The van der Waals surface area contributed by atoms with Gasteiger partial charge in [-0.15, -0.1) is 12.4 Å². The number of rotatable bonds is 3. The summed E-state index contributed by atoms with van der Waals surface area (Å²) in [5.74, 6) is 0.699. The molecule has 1 fully saturated rings. The van der Waals surface area contributed by atoms with Crippen molar-refractivity contribution >= 4 is 18.3 Å². The van der Waals surface area contributed by atoms with Crippen molar-refractivity contribution < 1.29 is 4.79 Å². The highest BCUT2D eigenvalue weighted by molar-refractivity contribution is 5.95. The fourth-order valence-corrected chi connectivity index (χ4v) is 3.29. The van der Waals surface area contributed by atoms with Gasteiger partial charge in [0.1, 0.15) is 12.7 Å². The lowest BCUT2D eigenvalue weighted by molar-refractivity contribution is 0.0573. The Morgan fingerprint density at radius 2 is 2.21 bits per heavy atom. The monoisotopic (exact) mass is 349 g/mol. The minimum Gasteiger partial charge on any atom is -0.334 e. The Morgan fingerprint density at radius 1 is 1.42 bits per heavy atom. The van der Waals surface area contributed by atoms with E-state index >= 15 is 0 Å². The number of hydrogen-bond acceptors (Lipinski definition) is 4. The van der Waals surface area contributed by atoms with Gasteiger partial charge in [0, 0.05) is 24.7 Å². The fourth-order valence-electron chi connectivity index (χ4n) is 3.29. The summed E-state index contributed by atoms with van der Waals surface area (Å²) in [6, 6.07) is 5.84. The molecular formula is C17H24ClN5O. The van der Waals surface area contributed by atoms with E-state index in [9.17, 15) is 4.79 Å². The van der Waals surface area contributed by atoms with E-state index < -0.39 is 0 Å². The van der Waals surface area contributed by atoms with Gasteiger partial charge in [0.25, 0.3) is 5.91 Å². The molecule has 2 atom stereocenters. The molecule has 7 heteroatoms. The molecule has 1 amide bonds. The van der Waals surface area contributed by atoms with Crippen LogP contribution in [-0.2, 0) is 0 Å². The van der Waals surface area contributed by atoms with Crippen LogP contribution in [0.4, 0.5) is 0 Å². The van der Waals surface area contributed by atoms with Gasteiger partial charge >= 0.3 is 0 Å². The normalized spacial score (nSPS) is 20.5. The number of nitrogens with zero attached hydrogens (tertiary/aromatic N) is 4. The topological polar surface area (TPSA) is 77.0 Å². The Labute approximate surface area is 148 Å². The van der Waals surface area contributed by atoms with Crippen LogP contribution in [0.2, 0.25) is 0 Å². The summed E-state index contributed by atoms with van der Waals surface area (Å²) in [6.07, 6.45) is 5.18. The van der Waals surface area contributed by atoms with Crippen LogP contribution in [0.1, 0.15) is 35.7 Å². The molecule has 1 aliphatic heterocycles. The Balaban J connectivity index is 0.00000208. The van der Waals surface area contributed by atoms with Crippen LogP contribution in [0.5, 0.6) is 0 Å². The smallest absolute Gasteiger partial charge is 0.254 e. The molecule has 3 rings (SSSR count). The van der Waals surface area contributed by atoms with E-state index in [0.29, 0.717) is 18.0 Å². The van der Waals surface area contributed by atoms with Crippen LogP contribution in [0.25, 0.3) is 5.69 Å². The second-order valence-corrected chi connectivity index (χ2v) is 6.36. The van der Waals surface area contributed by atoms with Crippen molar-refractivity contribution in [1.82, 2.24) is 19.7 Å². The second kappa shape index (κ2) is 7.77. The maximum absolute atomic E-state index is 12.9. The first-order valence-electron chi connectivity index (χ1n) is 8.07. The van der Waals surface area contributed by atoms with E-state index in [1.54, 1.807) is 11.0 Å². The highest BCUT2D eigenvalue weighted by Gasteiger charge is 2.29. The zero-order chi connectivity index (χ0) is 16.4. The molecule has 2 unspecified atom stereocenters. The summed E-state index contributed by atoms with van der Waals surface area (Å²) in [7, 11) is 0. The SMILES string of the molecule is Cc1cc(C(=O)N2CCC(C)CC2CN)ccc1-n1cncn1.Cl. The Morgan fingerprint density at radius 3 is 2.83 bits per heavy atom. The van der Waals surface area contributed by atoms with Crippen molar-refractivity contribution in [2.45, 2.75) is 32.7 Å². The van der Waals surface area contributed by atoms with Crippen molar-refractivity contribution in [2.75, 3.05) is 13.1 Å². The summed E-state index contributed by atoms with van der Waals surface area (Å²) in [5.41, 5.74) is 8.51. The predicted molar refractivity (Wildman–Crippen MR) is 95.6 cm³/mol. The van der Waals surface area contributed by atoms with Crippen molar-refractivity contribution in [3.63, 3.8) is 0 Å². The molecule has 1 aliphatic rings. The molecule has 0 radical (unpaired) electrons. The molecule has 24 heavy (non-hydrogen) atoms. The van der Waals surface area contributed by atoms with Crippen LogP contribution in [-0.4, -0.2) is 44.7 Å². The summed E-state index contributed by atoms with van der Waals surface area (Å²) >= 11 is 0. The standard InChI is InChI=1S/C17H23N5O.ClH/c1-12-5-6-21(15(7-12)9-18)17(23)14-3-4-16(13(2)8-14)22-11-19-10-20-22;/h3-4,8,10-12,15H,5-7,9,18H2,1-2H3;1H. The predicted octanol–water partition coefficient (Wildman–Crippen LogP) is 2.20. The van der Waals surface area contributed by atoms with Crippen LogP contribution in [0, 0.1) is 12.8 Å². The van der Waals surface area contributed by atoms with Crippen molar-refractivity contribution in [3.05, 3.63) is 42.0 Å². The number of carbonyl (C=O) groups excluding carboxylic acids is 1. The zero-order valence-electron chi connectivity index (χ0n) is 14.1. The quantitative estimate of drug-likeness (QED) is 0.921. The maximum atomic E-state index is 12.9. The molecule has 6 nitrogen and oxygen atoms in total. The van der Waals surface area contributed by atoms with Crippen LogP contribution >= 0.6 is 12.4 Å². The lowest BCUT2D eigenvalue weighted by atomic mass is 9.91. The van der Waals surface area contributed by atoms with E-state index in [1.807, 2.05) is 30.0 Å². The van der Waals surface area contributed by atoms with Gasteiger partial charge in [-0.3, -0.25) is 4.79 Å². The molecule has 0 spiro atoms. The lowest BCUT2D eigenvalue weighted by Gasteiger charge is -2.38. The van der Waals surface area contributed by atoms with E-state index in [1.165, 1.54) is 6.33 Å².